The molecule has 4 nitrogen and oxygen atoms in total. The van der Waals surface area contributed by atoms with E-state index in [1.807, 2.05) is 0 Å². The largest absolute Gasteiger partial charge is 0.355 e. The summed E-state index contributed by atoms with van der Waals surface area (Å²) in [5.74, 6) is 0.813. The second kappa shape index (κ2) is 9.32. The number of hydrogen-bond acceptors (Lipinski definition) is 3. The Balaban J connectivity index is 2.17. The van der Waals surface area contributed by atoms with Crippen molar-refractivity contribution in [3.05, 3.63) is 0 Å². The molecule has 1 aliphatic heterocycles. The van der Waals surface area contributed by atoms with E-state index in [1.54, 1.807) is 0 Å². The van der Waals surface area contributed by atoms with E-state index in [0.717, 1.165) is 38.9 Å². The molecule has 3 N–H and O–H groups in total. The SMILES string of the molecule is CCC(CCN)CCC(=O)NCC1CCCN1CC. The van der Waals surface area contributed by atoms with Crippen molar-refractivity contribution in [1.29, 1.82) is 0 Å². The van der Waals surface area contributed by atoms with Gasteiger partial charge < -0.3 is 11.1 Å². The van der Waals surface area contributed by atoms with E-state index < -0.39 is 0 Å². The summed E-state index contributed by atoms with van der Waals surface area (Å²) < 4.78 is 0. The Bertz CT molecular complexity index is 258. The van der Waals surface area contributed by atoms with Gasteiger partial charge in [-0.3, -0.25) is 9.69 Å². The molecule has 1 fully saturated rings. The van der Waals surface area contributed by atoms with Crippen molar-refractivity contribution in [2.24, 2.45) is 11.7 Å². The minimum absolute atomic E-state index is 0.207. The number of nitrogens with two attached hydrogens (primary N) is 1. The Morgan fingerprint density at radius 1 is 1.42 bits per heavy atom. The molecule has 1 amide bonds. The van der Waals surface area contributed by atoms with Gasteiger partial charge >= 0.3 is 0 Å². The zero-order valence-electron chi connectivity index (χ0n) is 12.7. The van der Waals surface area contributed by atoms with Crippen molar-refractivity contribution in [3.8, 4) is 0 Å². The second-order valence-electron chi connectivity index (χ2n) is 5.62. The minimum atomic E-state index is 0.207. The predicted molar refractivity (Wildman–Crippen MR) is 80.0 cm³/mol. The number of hydrogen-bond donors (Lipinski definition) is 2. The zero-order valence-corrected chi connectivity index (χ0v) is 12.7. The van der Waals surface area contributed by atoms with Gasteiger partial charge in [-0.05, 0) is 51.2 Å². The predicted octanol–water partition coefficient (Wildman–Crippen LogP) is 1.74. The molecule has 19 heavy (non-hydrogen) atoms. The first-order chi connectivity index (χ1) is 9.21. The fraction of sp³-hybridized carbons (Fsp3) is 0.933. The van der Waals surface area contributed by atoms with Gasteiger partial charge in [0, 0.05) is 19.0 Å². The van der Waals surface area contributed by atoms with Crippen LogP contribution in [0.3, 0.4) is 0 Å². The van der Waals surface area contributed by atoms with Gasteiger partial charge in [0.2, 0.25) is 5.91 Å². The third kappa shape index (κ3) is 5.91. The number of likely N-dealkylation sites (N-methyl/N-ethyl adjacent to an activating group) is 1. The molecule has 0 aromatic rings. The molecule has 0 aromatic carbocycles. The quantitative estimate of drug-likeness (QED) is 0.670. The summed E-state index contributed by atoms with van der Waals surface area (Å²) in [6.45, 7) is 8.20. The third-order valence-corrected chi connectivity index (χ3v) is 4.37. The smallest absolute Gasteiger partial charge is 0.220 e. The van der Waals surface area contributed by atoms with Crippen LogP contribution in [-0.4, -0.2) is 43.0 Å². The topological polar surface area (TPSA) is 58.4 Å². The van der Waals surface area contributed by atoms with Crippen molar-refractivity contribution >= 4 is 5.91 Å². The number of nitrogens with one attached hydrogen (secondary N) is 1. The minimum Gasteiger partial charge on any atom is -0.355 e. The zero-order chi connectivity index (χ0) is 14.1. The summed E-state index contributed by atoms with van der Waals surface area (Å²) >= 11 is 0. The van der Waals surface area contributed by atoms with Gasteiger partial charge in [-0.2, -0.15) is 0 Å². The van der Waals surface area contributed by atoms with E-state index in [4.69, 9.17) is 5.73 Å². The number of carbonyl (C=O) groups excluding carboxylic acids is 1. The van der Waals surface area contributed by atoms with Crippen molar-refractivity contribution in [1.82, 2.24) is 10.2 Å². The van der Waals surface area contributed by atoms with Gasteiger partial charge in [-0.15, -0.1) is 0 Å². The van der Waals surface area contributed by atoms with Crippen LogP contribution >= 0.6 is 0 Å². The Morgan fingerprint density at radius 3 is 2.84 bits per heavy atom. The average Bonchev–Trinajstić information content (AvgIpc) is 2.88. The van der Waals surface area contributed by atoms with Crippen LogP contribution in [0.25, 0.3) is 0 Å². The fourth-order valence-corrected chi connectivity index (χ4v) is 2.99. The van der Waals surface area contributed by atoms with Crippen LogP contribution in [0.5, 0.6) is 0 Å². The molecule has 0 aromatic heterocycles. The number of nitrogens with zero attached hydrogens (tertiary/aromatic N) is 1. The average molecular weight is 269 g/mol. The lowest BCUT2D eigenvalue weighted by atomic mass is 9.96. The van der Waals surface area contributed by atoms with Gasteiger partial charge in [0.1, 0.15) is 0 Å². The van der Waals surface area contributed by atoms with E-state index in [9.17, 15) is 4.79 Å². The van der Waals surface area contributed by atoms with E-state index in [2.05, 4.69) is 24.1 Å². The van der Waals surface area contributed by atoms with Crippen LogP contribution in [0.1, 0.15) is 52.4 Å². The molecule has 1 heterocycles. The van der Waals surface area contributed by atoms with E-state index in [1.165, 1.54) is 19.4 Å². The molecule has 112 valence electrons. The third-order valence-electron chi connectivity index (χ3n) is 4.37. The molecule has 2 unspecified atom stereocenters. The van der Waals surface area contributed by atoms with Crippen LogP contribution in [-0.2, 0) is 4.79 Å². The Morgan fingerprint density at radius 2 is 2.21 bits per heavy atom. The first kappa shape index (κ1) is 16.4. The molecule has 0 aliphatic carbocycles. The molecule has 0 saturated carbocycles. The molecule has 4 heteroatoms. The molecular weight excluding hydrogens is 238 g/mol. The van der Waals surface area contributed by atoms with Gasteiger partial charge in [0.05, 0.1) is 0 Å². The highest BCUT2D eigenvalue weighted by atomic mass is 16.1. The van der Waals surface area contributed by atoms with Crippen LogP contribution in [0.4, 0.5) is 0 Å². The summed E-state index contributed by atoms with van der Waals surface area (Å²) in [6.07, 6.45) is 6.27. The van der Waals surface area contributed by atoms with Crippen LogP contribution in [0.2, 0.25) is 0 Å². The number of rotatable bonds is 9. The molecule has 2 atom stereocenters. The molecule has 0 spiro atoms. The molecule has 0 radical (unpaired) electrons. The van der Waals surface area contributed by atoms with Gasteiger partial charge in [0.15, 0.2) is 0 Å². The standard InChI is InChI=1S/C15H31N3O/c1-3-13(9-10-16)7-8-15(19)17-12-14-6-5-11-18(14)4-2/h13-14H,3-12,16H2,1-2H3,(H,17,19). The molecular formula is C15H31N3O. The van der Waals surface area contributed by atoms with Crippen LogP contribution in [0, 0.1) is 5.92 Å². The number of likely N-dealkylation sites (tertiary alicyclic amines) is 1. The molecule has 1 saturated heterocycles. The lowest BCUT2D eigenvalue weighted by molar-refractivity contribution is -0.121. The lowest BCUT2D eigenvalue weighted by Gasteiger charge is -2.23. The lowest BCUT2D eigenvalue weighted by Crippen LogP contribution is -2.40. The Labute approximate surface area is 118 Å². The van der Waals surface area contributed by atoms with Crippen molar-refractivity contribution in [2.45, 2.75) is 58.4 Å². The highest BCUT2D eigenvalue weighted by Crippen LogP contribution is 2.16. The molecule has 1 aliphatic rings. The fourth-order valence-electron chi connectivity index (χ4n) is 2.99. The maximum Gasteiger partial charge on any atom is 0.220 e. The summed E-state index contributed by atoms with van der Waals surface area (Å²) in [6, 6.07) is 0.556. The van der Waals surface area contributed by atoms with Crippen molar-refractivity contribution < 1.29 is 4.79 Å². The maximum absolute atomic E-state index is 11.9. The van der Waals surface area contributed by atoms with Crippen molar-refractivity contribution in [3.63, 3.8) is 0 Å². The number of carbonyl (C=O) groups is 1. The first-order valence-electron chi connectivity index (χ1n) is 7.92. The van der Waals surface area contributed by atoms with E-state index in [-0.39, 0.29) is 5.91 Å². The first-order valence-corrected chi connectivity index (χ1v) is 7.92. The van der Waals surface area contributed by atoms with Gasteiger partial charge in [-0.1, -0.05) is 20.3 Å². The van der Waals surface area contributed by atoms with Gasteiger partial charge in [-0.25, -0.2) is 0 Å². The number of amides is 1. The summed E-state index contributed by atoms with van der Waals surface area (Å²) in [4.78, 5) is 14.3. The van der Waals surface area contributed by atoms with E-state index in [0.29, 0.717) is 18.4 Å². The normalized spacial score (nSPS) is 21.5. The highest BCUT2D eigenvalue weighted by Gasteiger charge is 2.23. The second-order valence-corrected chi connectivity index (χ2v) is 5.62. The molecule has 0 bridgehead atoms. The van der Waals surface area contributed by atoms with Crippen LogP contribution < -0.4 is 11.1 Å². The molecule has 1 rings (SSSR count). The van der Waals surface area contributed by atoms with Gasteiger partial charge in [0.25, 0.3) is 0 Å². The van der Waals surface area contributed by atoms with Crippen LogP contribution in [0.15, 0.2) is 0 Å². The summed E-state index contributed by atoms with van der Waals surface area (Å²) in [5, 5.41) is 3.10. The summed E-state index contributed by atoms with van der Waals surface area (Å²) in [5.41, 5.74) is 5.58. The Hall–Kier alpha value is -0.610. The highest BCUT2D eigenvalue weighted by molar-refractivity contribution is 5.75. The maximum atomic E-state index is 11.9. The Kier molecular flexibility index (Phi) is 8.07. The monoisotopic (exact) mass is 269 g/mol. The van der Waals surface area contributed by atoms with Crippen molar-refractivity contribution in [2.75, 3.05) is 26.2 Å². The summed E-state index contributed by atoms with van der Waals surface area (Å²) in [7, 11) is 0. The van der Waals surface area contributed by atoms with E-state index >= 15 is 0 Å².